The summed E-state index contributed by atoms with van der Waals surface area (Å²) < 4.78 is 1.28. The lowest BCUT2D eigenvalue weighted by molar-refractivity contribution is -0.121. The Hall–Kier alpha value is -3.48. The number of carbonyl (C=O) groups is 2. The molecule has 3 rings (SSSR count). The van der Waals surface area contributed by atoms with Gasteiger partial charge in [-0.05, 0) is 43.9 Å². The molecule has 7 heteroatoms. The second kappa shape index (κ2) is 9.35. The third-order valence-corrected chi connectivity index (χ3v) is 4.92. The Morgan fingerprint density at radius 2 is 1.60 bits per heavy atom. The summed E-state index contributed by atoms with van der Waals surface area (Å²) >= 11 is 0. The molecule has 1 aromatic heterocycles. The van der Waals surface area contributed by atoms with E-state index < -0.39 is 5.91 Å². The molecular formula is C23H26N4O3. The summed E-state index contributed by atoms with van der Waals surface area (Å²) in [5.41, 5.74) is 7.00. The Labute approximate surface area is 175 Å². The molecule has 2 amide bonds. The number of nitrogens with one attached hydrogen (secondary N) is 2. The summed E-state index contributed by atoms with van der Waals surface area (Å²) in [7, 11) is 0. The molecule has 0 fully saturated rings. The molecule has 0 aliphatic rings. The van der Waals surface area contributed by atoms with Crippen molar-refractivity contribution in [1.29, 1.82) is 0 Å². The predicted octanol–water partition coefficient (Wildman–Crippen LogP) is 2.93. The van der Waals surface area contributed by atoms with Crippen molar-refractivity contribution >= 4 is 22.6 Å². The Kier molecular flexibility index (Phi) is 6.61. The number of carbonyl (C=O) groups excluding carboxylic acids is 2. The third kappa shape index (κ3) is 4.74. The number of aromatic nitrogens is 2. The molecule has 30 heavy (non-hydrogen) atoms. The van der Waals surface area contributed by atoms with Crippen molar-refractivity contribution in [1.82, 2.24) is 20.6 Å². The fraction of sp³-hybridized carbons (Fsp3) is 0.304. The van der Waals surface area contributed by atoms with Crippen LogP contribution in [-0.4, -0.2) is 21.6 Å². The van der Waals surface area contributed by atoms with Crippen LogP contribution in [0.5, 0.6) is 0 Å². The number of hydrogen-bond acceptors (Lipinski definition) is 4. The second-order valence-corrected chi connectivity index (χ2v) is 7.41. The minimum Gasteiger partial charge on any atom is -0.273 e. The Morgan fingerprint density at radius 3 is 2.23 bits per heavy atom. The minimum absolute atomic E-state index is 0.0920. The van der Waals surface area contributed by atoms with Crippen LogP contribution in [0.1, 0.15) is 54.8 Å². The minimum atomic E-state index is -0.568. The summed E-state index contributed by atoms with van der Waals surface area (Å²) in [6.45, 7) is 5.73. The fourth-order valence-corrected chi connectivity index (χ4v) is 3.17. The van der Waals surface area contributed by atoms with Gasteiger partial charge >= 0.3 is 0 Å². The molecule has 0 aliphatic carbocycles. The zero-order valence-electron chi connectivity index (χ0n) is 17.4. The molecule has 0 saturated carbocycles. The zero-order valence-corrected chi connectivity index (χ0v) is 17.4. The Morgan fingerprint density at radius 1 is 0.967 bits per heavy atom. The number of amides is 2. The third-order valence-electron chi connectivity index (χ3n) is 4.92. The lowest BCUT2D eigenvalue weighted by Crippen LogP contribution is -2.43. The number of fused-ring (bicyclic) bond motifs is 1. The van der Waals surface area contributed by atoms with Gasteiger partial charge in [0, 0.05) is 11.8 Å². The topological polar surface area (TPSA) is 93.1 Å². The molecule has 156 valence electrons. The van der Waals surface area contributed by atoms with E-state index in [1.807, 2.05) is 26.0 Å². The molecule has 0 atom stereocenters. The highest BCUT2D eigenvalue weighted by Crippen LogP contribution is 2.14. The van der Waals surface area contributed by atoms with Gasteiger partial charge in [-0.1, -0.05) is 49.4 Å². The van der Waals surface area contributed by atoms with Crippen molar-refractivity contribution in [2.75, 3.05) is 0 Å². The highest BCUT2D eigenvalue weighted by atomic mass is 16.2. The number of hydrazine groups is 1. The van der Waals surface area contributed by atoms with Crippen LogP contribution in [0.25, 0.3) is 10.8 Å². The van der Waals surface area contributed by atoms with Crippen LogP contribution in [-0.2, 0) is 17.6 Å². The van der Waals surface area contributed by atoms with E-state index in [1.54, 1.807) is 24.3 Å². The molecule has 0 unspecified atom stereocenters. The van der Waals surface area contributed by atoms with Crippen molar-refractivity contribution in [2.45, 2.75) is 46.1 Å². The SMILES string of the molecule is CCc1ccc(CCC(=O)NNC(=O)c2nn(C(C)C)c(=O)c3ccccc23)cc1. The summed E-state index contributed by atoms with van der Waals surface area (Å²) in [5.74, 6) is -0.870. The van der Waals surface area contributed by atoms with Gasteiger partial charge in [-0.2, -0.15) is 5.10 Å². The highest BCUT2D eigenvalue weighted by Gasteiger charge is 2.18. The first-order chi connectivity index (χ1) is 14.4. The highest BCUT2D eigenvalue weighted by molar-refractivity contribution is 6.05. The lowest BCUT2D eigenvalue weighted by Gasteiger charge is -2.13. The van der Waals surface area contributed by atoms with Crippen molar-refractivity contribution in [3.63, 3.8) is 0 Å². The fourth-order valence-electron chi connectivity index (χ4n) is 3.17. The van der Waals surface area contributed by atoms with Crippen LogP contribution in [0.2, 0.25) is 0 Å². The summed E-state index contributed by atoms with van der Waals surface area (Å²) in [4.78, 5) is 37.4. The van der Waals surface area contributed by atoms with Crippen LogP contribution >= 0.6 is 0 Å². The maximum atomic E-state index is 12.7. The van der Waals surface area contributed by atoms with E-state index in [-0.39, 0.29) is 29.6 Å². The van der Waals surface area contributed by atoms with E-state index in [9.17, 15) is 14.4 Å². The van der Waals surface area contributed by atoms with E-state index in [4.69, 9.17) is 0 Å². The van der Waals surface area contributed by atoms with E-state index in [0.717, 1.165) is 12.0 Å². The summed E-state index contributed by atoms with van der Waals surface area (Å²) in [6.07, 6.45) is 1.79. The molecule has 0 aliphatic heterocycles. The lowest BCUT2D eigenvalue weighted by atomic mass is 10.1. The molecule has 0 bridgehead atoms. The van der Waals surface area contributed by atoms with Gasteiger partial charge in [0.05, 0.1) is 11.4 Å². The van der Waals surface area contributed by atoms with Gasteiger partial charge in [-0.15, -0.1) is 0 Å². The van der Waals surface area contributed by atoms with Crippen molar-refractivity contribution in [3.8, 4) is 0 Å². The number of nitrogens with zero attached hydrogens (tertiary/aromatic N) is 2. The van der Waals surface area contributed by atoms with Gasteiger partial charge in [0.25, 0.3) is 11.5 Å². The maximum Gasteiger partial charge on any atom is 0.290 e. The average Bonchev–Trinajstić information content (AvgIpc) is 2.76. The molecule has 3 aromatic rings. The monoisotopic (exact) mass is 406 g/mol. The van der Waals surface area contributed by atoms with Crippen LogP contribution in [0.3, 0.4) is 0 Å². The molecule has 7 nitrogen and oxygen atoms in total. The Balaban J connectivity index is 1.68. The van der Waals surface area contributed by atoms with Crippen molar-refractivity contribution < 1.29 is 9.59 Å². The quantitative estimate of drug-likeness (QED) is 0.616. The maximum absolute atomic E-state index is 12.7. The van der Waals surface area contributed by atoms with Crippen LogP contribution in [0, 0.1) is 0 Å². The van der Waals surface area contributed by atoms with Gasteiger partial charge in [0.1, 0.15) is 0 Å². The van der Waals surface area contributed by atoms with Crippen LogP contribution < -0.4 is 16.4 Å². The smallest absolute Gasteiger partial charge is 0.273 e. The first-order valence-electron chi connectivity index (χ1n) is 10.1. The van der Waals surface area contributed by atoms with Gasteiger partial charge in [0.2, 0.25) is 5.91 Å². The van der Waals surface area contributed by atoms with Crippen molar-refractivity contribution in [3.05, 3.63) is 75.7 Å². The first-order valence-corrected chi connectivity index (χ1v) is 10.1. The van der Waals surface area contributed by atoms with Gasteiger partial charge < -0.3 is 0 Å². The number of hydrogen-bond donors (Lipinski definition) is 2. The summed E-state index contributed by atoms with van der Waals surface area (Å²) in [6, 6.07) is 14.7. The van der Waals surface area contributed by atoms with Gasteiger partial charge in [-0.3, -0.25) is 25.2 Å². The Bertz CT molecular complexity index is 1120. The predicted molar refractivity (Wildman–Crippen MR) is 116 cm³/mol. The standard InChI is InChI=1S/C23H26N4O3/c1-4-16-9-11-17(12-10-16)13-14-20(28)24-25-22(29)21-18-7-5-6-8-19(18)23(30)27(26-21)15(2)3/h5-12,15H,4,13-14H2,1-3H3,(H,24,28)(H,25,29). The number of rotatable bonds is 6. The zero-order chi connectivity index (χ0) is 21.7. The van der Waals surface area contributed by atoms with Crippen molar-refractivity contribution in [2.24, 2.45) is 0 Å². The molecule has 1 heterocycles. The normalized spacial score (nSPS) is 10.9. The average molecular weight is 406 g/mol. The molecule has 0 radical (unpaired) electrons. The van der Waals surface area contributed by atoms with Gasteiger partial charge in [0.15, 0.2) is 5.69 Å². The number of benzene rings is 2. The summed E-state index contributed by atoms with van der Waals surface area (Å²) in [5, 5.41) is 5.09. The van der Waals surface area contributed by atoms with E-state index >= 15 is 0 Å². The largest absolute Gasteiger partial charge is 0.290 e. The molecular weight excluding hydrogens is 380 g/mol. The van der Waals surface area contributed by atoms with E-state index in [1.165, 1.54) is 10.2 Å². The van der Waals surface area contributed by atoms with E-state index in [0.29, 0.717) is 17.2 Å². The number of aryl methyl sites for hydroxylation is 2. The molecule has 0 saturated heterocycles. The van der Waals surface area contributed by atoms with Crippen LogP contribution in [0.15, 0.2) is 53.3 Å². The van der Waals surface area contributed by atoms with E-state index in [2.05, 4.69) is 35.0 Å². The molecule has 2 aromatic carbocycles. The molecule has 2 N–H and O–H groups in total. The van der Waals surface area contributed by atoms with Gasteiger partial charge in [-0.25, -0.2) is 4.68 Å². The molecule has 0 spiro atoms. The van der Waals surface area contributed by atoms with Crippen LogP contribution in [0.4, 0.5) is 0 Å². The first kappa shape index (κ1) is 21.2. The second-order valence-electron chi connectivity index (χ2n) is 7.41.